The van der Waals surface area contributed by atoms with Crippen LogP contribution in [0.5, 0.6) is 11.5 Å². The second-order valence-electron chi connectivity index (χ2n) is 12.9. The molecule has 0 atom stereocenters. The van der Waals surface area contributed by atoms with Gasteiger partial charge in [-0.3, -0.25) is 0 Å². The van der Waals surface area contributed by atoms with Gasteiger partial charge in [0.15, 0.2) is 0 Å². The maximum atomic E-state index is 6.36. The third-order valence-corrected chi connectivity index (χ3v) is 20.2. The van der Waals surface area contributed by atoms with Gasteiger partial charge >= 0.3 is 46.5 Å². The van der Waals surface area contributed by atoms with Gasteiger partial charge in [0.2, 0.25) is 16.6 Å². The monoisotopic (exact) mass is 678 g/mol. The molecule has 0 aliphatic rings. The predicted octanol–water partition coefficient (Wildman–Crippen LogP) is 11.6. The summed E-state index contributed by atoms with van der Waals surface area (Å²) in [4.78, 5) is 0. The molecule has 214 valence electrons. The van der Waals surface area contributed by atoms with Crippen LogP contribution in [-0.4, -0.2) is 20.3 Å². The van der Waals surface area contributed by atoms with Crippen molar-refractivity contribution < 1.29 is 27.7 Å². The summed E-state index contributed by atoms with van der Waals surface area (Å²) < 4.78 is 14.6. The van der Waals surface area contributed by atoms with Gasteiger partial charge < -0.3 is 8.85 Å². The van der Waals surface area contributed by atoms with E-state index >= 15 is 0 Å². The van der Waals surface area contributed by atoms with Gasteiger partial charge in [-0.2, -0.15) is 0 Å². The molecule has 0 aliphatic heterocycles. The molecule has 0 radical (unpaired) electrons. The average Bonchev–Trinajstić information content (AvgIpc) is 3.42. The van der Waals surface area contributed by atoms with Crippen LogP contribution in [0.25, 0.3) is 21.5 Å². The maximum absolute atomic E-state index is 6.36. The first-order valence-electron chi connectivity index (χ1n) is 13.5. The number of rotatable bonds is 4. The number of fused-ring (bicyclic) bond motifs is 2. The molecule has 0 spiro atoms. The summed E-state index contributed by atoms with van der Waals surface area (Å²) in [5.41, 5.74) is 0. The Hall–Kier alpha value is -0.973. The molecular formula is C32H46Cl2O2Si2Zr-2. The van der Waals surface area contributed by atoms with E-state index in [9.17, 15) is 0 Å². The van der Waals surface area contributed by atoms with Crippen molar-refractivity contribution in [1.29, 1.82) is 0 Å². The quantitative estimate of drug-likeness (QED) is 0.158. The van der Waals surface area contributed by atoms with Crippen molar-refractivity contribution in [1.82, 2.24) is 0 Å². The normalized spacial score (nSPS) is 12.2. The Bertz CT molecular complexity index is 1270. The van der Waals surface area contributed by atoms with Crippen molar-refractivity contribution in [2.45, 2.75) is 84.7 Å². The van der Waals surface area contributed by atoms with Gasteiger partial charge in [0.05, 0.1) is 0 Å². The van der Waals surface area contributed by atoms with Crippen LogP contribution in [0.15, 0.2) is 72.8 Å². The van der Waals surface area contributed by atoms with Crippen molar-refractivity contribution in [2.75, 3.05) is 0 Å². The Morgan fingerprint density at radius 1 is 0.667 bits per heavy atom. The van der Waals surface area contributed by atoms with Crippen molar-refractivity contribution in [3.63, 3.8) is 0 Å². The second-order valence-corrected chi connectivity index (χ2v) is 31.1. The molecule has 0 fully saturated rings. The van der Waals surface area contributed by atoms with Crippen molar-refractivity contribution in [3.8, 4) is 11.5 Å². The SMILES string of the molecule is CC(C)(C)[Si](C)(C)Oc1c[cH-]c2ccccc12.CC(C)(C)[Si](C)(C)Oc1c[cH-]c2ccccc12.C[CH]=[Zr]([Cl])[Cl]. The van der Waals surface area contributed by atoms with E-state index in [1.165, 1.54) is 21.5 Å². The molecule has 39 heavy (non-hydrogen) atoms. The van der Waals surface area contributed by atoms with Crippen LogP contribution in [0, 0.1) is 0 Å². The zero-order chi connectivity index (χ0) is 29.6. The zero-order valence-electron chi connectivity index (χ0n) is 25.6. The van der Waals surface area contributed by atoms with Gasteiger partial charge in [-0.1, -0.05) is 53.7 Å². The van der Waals surface area contributed by atoms with Crippen LogP contribution >= 0.6 is 17.0 Å². The summed E-state index contributed by atoms with van der Waals surface area (Å²) in [6.45, 7) is 24.7. The molecule has 0 aromatic heterocycles. The summed E-state index contributed by atoms with van der Waals surface area (Å²) >= 11 is -1.76. The first-order chi connectivity index (χ1) is 17.9. The topological polar surface area (TPSA) is 18.5 Å². The van der Waals surface area contributed by atoms with Gasteiger partial charge in [-0.05, 0) is 47.8 Å². The van der Waals surface area contributed by atoms with Crippen LogP contribution in [0.2, 0.25) is 36.3 Å². The molecule has 0 saturated carbocycles. The van der Waals surface area contributed by atoms with Crippen molar-refractivity contribution >= 4 is 58.9 Å². The van der Waals surface area contributed by atoms with Crippen LogP contribution in [0.3, 0.4) is 0 Å². The number of hydrogen-bond donors (Lipinski definition) is 0. The summed E-state index contributed by atoms with van der Waals surface area (Å²) in [5, 5.41) is 5.48. The van der Waals surface area contributed by atoms with Crippen LogP contribution < -0.4 is 8.85 Å². The molecule has 7 heteroatoms. The molecule has 0 heterocycles. The van der Waals surface area contributed by atoms with E-state index in [-0.39, 0.29) is 10.1 Å². The van der Waals surface area contributed by atoms with E-state index in [1.807, 2.05) is 10.6 Å². The molecule has 4 rings (SSSR count). The number of benzene rings is 2. The Morgan fingerprint density at radius 3 is 1.26 bits per heavy atom. The van der Waals surface area contributed by atoms with E-state index in [2.05, 4.69) is 141 Å². The molecule has 4 aromatic carbocycles. The van der Waals surface area contributed by atoms with E-state index in [1.54, 1.807) is 0 Å². The summed E-state index contributed by atoms with van der Waals surface area (Å²) in [5.74, 6) is 2.10. The van der Waals surface area contributed by atoms with E-state index in [0.29, 0.717) is 0 Å². The first kappa shape index (κ1) is 34.2. The molecular weight excluding hydrogens is 635 g/mol. The molecule has 0 bridgehead atoms. The van der Waals surface area contributed by atoms with E-state index in [4.69, 9.17) is 25.9 Å². The molecule has 0 aliphatic carbocycles. The standard InChI is InChI=1S/2C15H21OSi.C2H4.2ClH.Zr/c2*1-15(2,3)17(4,5)16-14-11-10-12-8-6-7-9-13(12)14;1-2;;;/h2*6-11H,1-5H3;1H,2H3;2*1H;/q2*-1;;;;+2/p-2. The fraction of sp³-hybridized carbons (Fsp3) is 0.406. The first-order valence-corrected chi connectivity index (χ1v) is 27.1. The van der Waals surface area contributed by atoms with Gasteiger partial charge in [0.25, 0.3) is 0 Å². The molecule has 2 nitrogen and oxygen atoms in total. The van der Waals surface area contributed by atoms with E-state index in [0.717, 1.165) is 11.5 Å². The Balaban J connectivity index is 0.000000234. The Labute approximate surface area is 253 Å². The van der Waals surface area contributed by atoms with Gasteiger partial charge in [-0.15, -0.1) is 82.2 Å². The molecule has 0 unspecified atom stereocenters. The van der Waals surface area contributed by atoms with Gasteiger partial charge in [0.1, 0.15) is 0 Å². The van der Waals surface area contributed by atoms with Crippen molar-refractivity contribution in [3.05, 3.63) is 72.8 Å². The van der Waals surface area contributed by atoms with Gasteiger partial charge in [-0.25, -0.2) is 0 Å². The van der Waals surface area contributed by atoms with Crippen molar-refractivity contribution in [2.24, 2.45) is 0 Å². The Kier molecular flexibility index (Phi) is 12.1. The Morgan fingerprint density at radius 2 is 0.974 bits per heavy atom. The van der Waals surface area contributed by atoms with Gasteiger partial charge in [0, 0.05) is 0 Å². The summed E-state index contributed by atoms with van der Waals surface area (Å²) in [6, 6.07) is 25.3. The number of hydrogen-bond acceptors (Lipinski definition) is 2. The van der Waals surface area contributed by atoms with E-state index < -0.39 is 35.5 Å². The molecule has 4 aromatic rings. The fourth-order valence-electron chi connectivity index (χ4n) is 3.28. The summed E-state index contributed by atoms with van der Waals surface area (Å²) in [7, 11) is 7.28. The number of halogens is 2. The average molecular weight is 681 g/mol. The summed E-state index contributed by atoms with van der Waals surface area (Å²) in [6.07, 6.45) is 0. The van der Waals surface area contributed by atoms with Crippen LogP contribution in [-0.2, 0) is 18.9 Å². The molecule has 0 N–H and O–H groups in total. The second kappa shape index (κ2) is 13.8. The third-order valence-electron chi connectivity index (χ3n) is 7.84. The fourth-order valence-corrected chi connectivity index (χ4v) is 5.35. The van der Waals surface area contributed by atoms with Crippen LogP contribution in [0.4, 0.5) is 0 Å². The minimum absolute atomic E-state index is 0.241. The zero-order valence-corrected chi connectivity index (χ0v) is 31.5. The third kappa shape index (κ3) is 9.53. The molecule has 0 saturated heterocycles. The minimum atomic E-state index is -1.76. The van der Waals surface area contributed by atoms with Crippen LogP contribution in [0.1, 0.15) is 48.5 Å². The predicted molar refractivity (Wildman–Crippen MR) is 178 cm³/mol. The molecule has 0 amide bonds.